The highest BCUT2D eigenvalue weighted by Crippen LogP contribution is 2.58. The van der Waals surface area contributed by atoms with E-state index in [1.807, 2.05) is 0 Å². The molecule has 3 aliphatic carbocycles. The van der Waals surface area contributed by atoms with Crippen LogP contribution >= 0.6 is 11.8 Å². The molecule has 5 aliphatic rings. The zero-order valence-electron chi connectivity index (χ0n) is 19.2. The van der Waals surface area contributed by atoms with Gasteiger partial charge < -0.3 is 10.1 Å². The molecule has 0 spiro atoms. The molecule has 7 heteroatoms. The van der Waals surface area contributed by atoms with Gasteiger partial charge in [-0.15, -0.1) is 5.10 Å². The standard InChI is InChI=1S/C27H30N4O2S/c32-24-18-34-26(28-24)30-29-23-17-27(31-11-13-33-14-12-31)15-21(19-7-3-1-4-8-19)25(23)22(16-27)20-9-5-2-6-10-20/h1-10,21-22,25H,11-18H2,(H,28,30,32)/b29-23+/t21-,22-,25?,27?/m0/s1. The lowest BCUT2D eigenvalue weighted by molar-refractivity contribution is -0.116. The van der Waals surface area contributed by atoms with Crippen LogP contribution in [0.4, 0.5) is 0 Å². The van der Waals surface area contributed by atoms with Gasteiger partial charge in [0.2, 0.25) is 5.91 Å². The molecule has 5 fully saturated rings. The molecule has 1 N–H and O–H groups in total. The van der Waals surface area contributed by atoms with Gasteiger partial charge in [0, 0.05) is 36.7 Å². The van der Waals surface area contributed by atoms with Gasteiger partial charge in [0.05, 0.1) is 19.0 Å². The Hall–Kier alpha value is -2.48. The number of fused-ring (bicyclic) bond motifs is 3. The molecule has 6 nitrogen and oxygen atoms in total. The molecule has 2 saturated heterocycles. The highest BCUT2D eigenvalue weighted by Gasteiger charge is 2.57. The summed E-state index contributed by atoms with van der Waals surface area (Å²) in [6.07, 6.45) is 3.19. The number of rotatable bonds is 4. The number of nitrogens with one attached hydrogen (secondary N) is 1. The predicted octanol–water partition coefficient (Wildman–Crippen LogP) is 4.01. The molecule has 2 atom stereocenters. The van der Waals surface area contributed by atoms with E-state index in [1.54, 1.807) is 0 Å². The topological polar surface area (TPSA) is 66.3 Å². The van der Waals surface area contributed by atoms with E-state index >= 15 is 0 Å². The second-order valence-electron chi connectivity index (χ2n) is 9.80. The van der Waals surface area contributed by atoms with Gasteiger partial charge in [-0.3, -0.25) is 9.69 Å². The minimum absolute atomic E-state index is 0.00299. The highest BCUT2D eigenvalue weighted by molar-refractivity contribution is 8.15. The van der Waals surface area contributed by atoms with Crippen molar-refractivity contribution in [1.29, 1.82) is 0 Å². The molecule has 0 unspecified atom stereocenters. The van der Waals surface area contributed by atoms with Crippen molar-refractivity contribution in [3.63, 3.8) is 0 Å². The van der Waals surface area contributed by atoms with Crippen molar-refractivity contribution in [3.05, 3.63) is 71.8 Å². The summed E-state index contributed by atoms with van der Waals surface area (Å²) in [5, 5.41) is 12.9. The summed E-state index contributed by atoms with van der Waals surface area (Å²) < 4.78 is 5.73. The summed E-state index contributed by atoms with van der Waals surface area (Å²) in [5.74, 6) is 1.47. The zero-order chi connectivity index (χ0) is 23.0. The first kappa shape index (κ1) is 22.0. The van der Waals surface area contributed by atoms with Crippen LogP contribution < -0.4 is 5.32 Å². The largest absolute Gasteiger partial charge is 0.379 e. The molecule has 176 valence electrons. The van der Waals surface area contributed by atoms with Gasteiger partial charge in [-0.05, 0) is 35.8 Å². The van der Waals surface area contributed by atoms with Crippen LogP contribution in [0.2, 0.25) is 0 Å². The van der Waals surface area contributed by atoms with E-state index in [-0.39, 0.29) is 11.4 Å². The fraction of sp³-hybridized carbons (Fsp3) is 0.444. The maximum atomic E-state index is 11.7. The van der Waals surface area contributed by atoms with E-state index in [9.17, 15) is 4.79 Å². The average molecular weight is 475 g/mol. The third kappa shape index (κ3) is 4.10. The molecular weight excluding hydrogens is 444 g/mol. The lowest BCUT2D eigenvalue weighted by Crippen LogP contribution is -2.63. The molecule has 2 aromatic carbocycles. The van der Waals surface area contributed by atoms with E-state index in [0.29, 0.717) is 28.7 Å². The van der Waals surface area contributed by atoms with Crippen molar-refractivity contribution in [2.24, 2.45) is 16.1 Å². The number of ether oxygens (including phenoxy) is 1. The van der Waals surface area contributed by atoms with E-state index in [2.05, 4.69) is 76.0 Å². The van der Waals surface area contributed by atoms with Gasteiger partial charge in [-0.2, -0.15) is 5.10 Å². The van der Waals surface area contributed by atoms with E-state index in [4.69, 9.17) is 9.84 Å². The number of carbonyl (C=O) groups excluding carboxylic acids is 1. The first-order valence-corrected chi connectivity index (χ1v) is 13.2. The normalized spacial score (nSPS) is 34.0. The average Bonchev–Trinajstić information content (AvgIpc) is 3.34. The Labute approximate surface area is 204 Å². The summed E-state index contributed by atoms with van der Waals surface area (Å²) in [4.78, 5) is 14.4. The van der Waals surface area contributed by atoms with Crippen LogP contribution in [0.5, 0.6) is 0 Å². The highest BCUT2D eigenvalue weighted by atomic mass is 32.2. The van der Waals surface area contributed by atoms with Crippen LogP contribution in [-0.4, -0.2) is 59.3 Å². The Balaban J connectivity index is 1.47. The van der Waals surface area contributed by atoms with Gasteiger partial charge in [0.15, 0.2) is 5.17 Å². The first-order chi connectivity index (χ1) is 16.7. The summed E-state index contributed by atoms with van der Waals surface area (Å²) in [6, 6.07) is 21.9. The number of morpholine rings is 1. The lowest BCUT2D eigenvalue weighted by Gasteiger charge is -2.60. The molecule has 2 aromatic rings. The van der Waals surface area contributed by atoms with Crippen LogP contribution in [0, 0.1) is 5.92 Å². The molecule has 7 rings (SSSR count). The zero-order valence-corrected chi connectivity index (χ0v) is 20.0. The number of amides is 1. The Morgan fingerprint density at radius 1 is 0.912 bits per heavy atom. The number of carbonyl (C=O) groups is 1. The van der Waals surface area contributed by atoms with E-state index in [0.717, 1.165) is 45.6 Å². The maximum absolute atomic E-state index is 11.7. The van der Waals surface area contributed by atoms with Crippen LogP contribution in [-0.2, 0) is 9.53 Å². The molecular formula is C27H30N4O2S. The first-order valence-electron chi connectivity index (χ1n) is 12.2. The van der Waals surface area contributed by atoms with Crippen molar-refractivity contribution in [2.45, 2.75) is 36.6 Å². The van der Waals surface area contributed by atoms with Crippen molar-refractivity contribution in [2.75, 3.05) is 32.1 Å². The third-order valence-electron chi connectivity index (χ3n) is 7.95. The van der Waals surface area contributed by atoms with Crippen molar-refractivity contribution >= 4 is 28.5 Å². The number of amidine groups is 1. The second-order valence-corrected chi connectivity index (χ2v) is 10.8. The Kier molecular flexibility index (Phi) is 6.01. The fourth-order valence-electron chi connectivity index (χ4n) is 6.55. The summed E-state index contributed by atoms with van der Waals surface area (Å²) in [6.45, 7) is 3.49. The van der Waals surface area contributed by atoms with Crippen LogP contribution in [0.25, 0.3) is 0 Å². The molecule has 2 aliphatic heterocycles. The molecule has 34 heavy (non-hydrogen) atoms. The van der Waals surface area contributed by atoms with Gasteiger partial charge in [0.25, 0.3) is 0 Å². The number of benzene rings is 2. The summed E-state index contributed by atoms with van der Waals surface area (Å²) >= 11 is 1.44. The summed E-state index contributed by atoms with van der Waals surface area (Å²) in [5.41, 5.74) is 3.97. The number of hydrogen-bond acceptors (Lipinski definition) is 6. The quantitative estimate of drug-likeness (QED) is 0.680. The number of hydrogen-bond donors (Lipinski definition) is 1. The van der Waals surface area contributed by atoms with Gasteiger partial charge in [-0.1, -0.05) is 72.4 Å². The number of thioether (sulfide) groups is 1. The minimum atomic E-state index is 0.00299. The Bertz CT molecular complexity index is 1050. The Morgan fingerprint density at radius 2 is 1.53 bits per heavy atom. The van der Waals surface area contributed by atoms with Crippen LogP contribution in [0.1, 0.15) is 42.2 Å². The van der Waals surface area contributed by atoms with Gasteiger partial charge in [0.1, 0.15) is 0 Å². The molecule has 0 aromatic heterocycles. The third-order valence-corrected chi connectivity index (χ3v) is 8.82. The fourth-order valence-corrected chi connectivity index (χ4v) is 7.17. The van der Waals surface area contributed by atoms with E-state index in [1.165, 1.54) is 28.6 Å². The SMILES string of the molecule is O=C1CS/C(=N/N=C2\CC3(N4CCOCC4)C[C@@H](c4ccccc4)C2[C@H](c2ccccc2)C3)N1. The lowest BCUT2D eigenvalue weighted by atomic mass is 9.52. The second kappa shape index (κ2) is 9.29. The monoisotopic (exact) mass is 474 g/mol. The smallest absolute Gasteiger partial charge is 0.236 e. The van der Waals surface area contributed by atoms with Crippen molar-refractivity contribution < 1.29 is 9.53 Å². The Morgan fingerprint density at radius 3 is 2.09 bits per heavy atom. The maximum Gasteiger partial charge on any atom is 0.236 e. The molecule has 0 radical (unpaired) electrons. The van der Waals surface area contributed by atoms with E-state index < -0.39 is 0 Å². The van der Waals surface area contributed by atoms with Crippen molar-refractivity contribution in [3.8, 4) is 0 Å². The molecule has 1 amide bonds. The predicted molar refractivity (Wildman–Crippen MR) is 136 cm³/mol. The number of nitrogens with zero attached hydrogens (tertiary/aromatic N) is 3. The molecule has 2 bridgehead atoms. The van der Waals surface area contributed by atoms with Gasteiger partial charge in [-0.25, -0.2) is 0 Å². The molecule has 3 saturated carbocycles. The van der Waals surface area contributed by atoms with Crippen LogP contribution in [0.15, 0.2) is 70.9 Å². The van der Waals surface area contributed by atoms with Gasteiger partial charge >= 0.3 is 0 Å². The molecule has 2 heterocycles. The summed E-state index contributed by atoms with van der Waals surface area (Å²) in [7, 11) is 0. The minimum Gasteiger partial charge on any atom is -0.379 e. The van der Waals surface area contributed by atoms with Crippen molar-refractivity contribution in [1.82, 2.24) is 10.2 Å². The van der Waals surface area contributed by atoms with Crippen LogP contribution in [0.3, 0.4) is 0 Å².